The van der Waals surface area contributed by atoms with E-state index in [-0.39, 0.29) is 28.9 Å². The van der Waals surface area contributed by atoms with Gasteiger partial charge in [-0.25, -0.2) is 0 Å². The van der Waals surface area contributed by atoms with E-state index in [1.807, 2.05) is 0 Å². The maximum atomic E-state index is 12.9. The normalized spacial score (nSPS) is 10.2. The summed E-state index contributed by atoms with van der Waals surface area (Å²) >= 11 is 16.8. The molecule has 0 aliphatic rings. The van der Waals surface area contributed by atoms with Gasteiger partial charge in [-0.3, -0.25) is 9.59 Å². The van der Waals surface area contributed by atoms with Gasteiger partial charge in [0.2, 0.25) is 5.91 Å². The minimum absolute atomic E-state index is 0.0187. The van der Waals surface area contributed by atoms with E-state index in [1.165, 1.54) is 11.0 Å². The van der Waals surface area contributed by atoms with E-state index in [0.29, 0.717) is 21.3 Å². The first kappa shape index (κ1) is 19.2. The molecule has 5 nitrogen and oxygen atoms in total. The number of carbonyl (C=O) groups excluding carboxylic acids is 2. The van der Waals surface area contributed by atoms with Crippen LogP contribution in [-0.2, 0) is 4.79 Å². The van der Waals surface area contributed by atoms with E-state index in [2.05, 4.69) is 17.5 Å². The lowest BCUT2D eigenvalue weighted by atomic mass is 10.0. The highest BCUT2D eigenvalue weighted by molar-refractivity contribution is 7.80. The molecule has 8 heteroatoms. The van der Waals surface area contributed by atoms with Gasteiger partial charge in [-0.2, -0.15) is 0 Å². The Morgan fingerprint density at radius 1 is 1.16 bits per heavy atom. The van der Waals surface area contributed by atoms with Crippen LogP contribution in [0, 0.1) is 0 Å². The Bertz CT molecular complexity index is 842. The fourth-order valence-electron chi connectivity index (χ4n) is 2.19. The first-order chi connectivity index (χ1) is 11.8. The van der Waals surface area contributed by atoms with Crippen molar-refractivity contribution in [2.24, 2.45) is 5.73 Å². The van der Waals surface area contributed by atoms with Gasteiger partial charge in [0.1, 0.15) is 0 Å². The summed E-state index contributed by atoms with van der Waals surface area (Å²) < 4.78 is 0. The van der Waals surface area contributed by atoms with E-state index in [4.69, 9.17) is 28.9 Å². The number of benzene rings is 2. The molecule has 0 saturated heterocycles. The number of amides is 1. The number of likely N-dealkylation sites (N-methyl/N-ethyl adjacent to an activating group) is 1. The molecule has 0 bridgehead atoms. The summed E-state index contributed by atoms with van der Waals surface area (Å²) in [6.45, 7) is -0.0891. The molecule has 130 valence electrons. The molecule has 0 saturated carbocycles. The van der Waals surface area contributed by atoms with Crippen LogP contribution < -0.4 is 16.0 Å². The molecule has 2 rings (SSSR count). The van der Waals surface area contributed by atoms with Crippen molar-refractivity contribution in [1.82, 2.24) is 5.32 Å². The average Bonchev–Trinajstić information content (AvgIpc) is 2.58. The predicted octanol–water partition coefficient (Wildman–Crippen LogP) is 3.02. The Morgan fingerprint density at radius 3 is 2.48 bits per heavy atom. The maximum absolute atomic E-state index is 12.9. The molecule has 0 atom stereocenters. The zero-order chi connectivity index (χ0) is 18.6. The second-order valence-electron chi connectivity index (χ2n) is 5.14. The molecule has 2 aromatic rings. The van der Waals surface area contributed by atoms with Crippen molar-refractivity contribution in [3.63, 3.8) is 0 Å². The number of nitrogens with zero attached hydrogens (tertiary/aromatic N) is 1. The number of anilines is 1. The predicted molar refractivity (Wildman–Crippen MR) is 105 cm³/mol. The minimum Gasteiger partial charge on any atom is -0.376 e. The monoisotopic (exact) mass is 395 g/mol. The van der Waals surface area contributed by atoms with Gasteiger partial charge in [0.05, 0.1) is 17.3 Å². The van der Waals surface area contributed by atoms with Gasteiger partial charge in [0.25, 0.3) is 0 Å². The molecule has 0 aliphatic carbocycles. The van der Waals surface area contributed by atoms with Crippen molar-refractivity contribution in [3.8, 4) is 0 Å². The number of hydrogen-bond acceptors (Lipinski definition) is 3. The van der Waals surface area contributed by atoms with Crippen molar-refractivity contribution in [2.75, 3.05) is 18.5 Å². The summed E-state index contributed by atoms with van der Waals surface area (Å²) in [7, 11) is 1.55. The van der Waals surface area contributed by atoms with Crippen LogP contribution in [0.1, 0.15) is 15.9 Å². The zero-order valence-electron chi connectivity index (χ0n) is 13.3. The Balaban J connectivity index is 2.41. The maximum Gasteiger partial charge on any atom is 0.246 e. The van der Waals surface area contributed by atoms with E-state index in [9.17, 15) is 9.59 Å². The van der Waals surface area contributed by atoms with Crippen LogP contribution in [-0.4, -0.2) is 30.4 Å². The van der Waals surface area contributed by atoms with Crippen LogP contribution in [0.15, 0.2) is 42.5 Å². The summed E-state index contributed by atoms with van der Waals surface area (Å²) in [6.07, 6.45) is 0. The van der Waals surface area contributed by atoms with Crippen molar-refractivity contribution >= 4 is 57.9 Å². The Hall–Kier alpha value is -2.15. The Kier molecular flexibility index (Phi) is 6.36. The fraction of sp³-hybridized carbons (Fsp3) is 0.118. The van der Waals surface area contributed by atoms with Crippen LogP contribution >= 0.6 is 35.4 Å². The third-order valence-corrected chi connectivity index (χ3v) is 4.18. The largest absolute Gasteiger partial charge is 0.376 e. The molecule has 0 spiro atoms. The standard InChI is InChI=1S/C17H15Cl2N3O2S/c1-22(15(23)9-21-17(20)25)14-7-6-10(18)8-12(14)16(24)11-4-2-3-5-13(11)19/h2-8H,9H2,1H3,(H3,20,21,25). The molecule has 25 heavy (non-hydrogen) atoms. The molecule has 2 aromatic carbocycles. The molecular formula is C17H15Cl2N3O2S. The zero-order valence-corrected chi connectivity index (χ0v) is 15.6. The number of ketones is 1. The van der Waals surface area contributed by atoms with Crippen LogP contribution in [0.25, 0.3) is 0 Å². The second kappa shape index (κ2) is 8.29. The quantitative estimate of drug-likeness (QED) is 0.600. The highest BCUT2D eigenvalue weighted by Crippen LogP contribution is 2.28. The minimum atomic E-state index is -0.329. The average molecular weight is 396 g/mol. The third kappa shape index (κ3) is 4.69. The molecule has 0 aromatic heterocycles. The SMILES string of the molecule is CN(C(=O)CNC(N)=S)c1ccc(Cl)cc1C(=O)c1ccccc1Cl. The molecule has 0 radical (unpaired) electrons. The van der Waals surface area contributed by atoms with Gasteiger partial charge in [-0.05, 0) is 42.5 Å². The highest BCUT2D eigenvalue weighted by Gasteiger charge is 2.21. The van der Waals surface area contributed by atoms with Crippen molar-refractivity contribution in [1.29, 1.82) is 0 Å². The third-order valence-electron chi connectivity index (χ3n) is 3.47. The Morgan fingerprint density at radius 2 is 1.84 bits per heavy atom. The molecule has 0 heterocycles. The van der Waals surface area contributed by atoms with Gasteiger partial charge in [-0.15, -0.1) is 0 Å². The van der Waals surface area contributed by atoms with E-state index in [0.717, 1.165) is 0 Å². The summed E-state index contributed by atoms with van der Waals surface area (Å²) in [5.41, 5.74) is 6.34. The summed E-state index contributed by atoms with van der Waals surface area (Å²) in [6, 6.07) is 11.4. The highest BCUT2D eigenvalue weighted by atomic mass is 35.5. The molecule has 0 fully saturated rings. The van der Waals surface area contributed by atoms with E-state index in [1.54, 1.807) is 43.4 Å². The fourth-order valence-corrected chi connectivity index (χ4v) is 2.65. The van der Waals surface area contributed by atoms with Gasteiger partial charge >= 0.3 is 0 Å². The first-order valence-corrected chi connectivity index (χ1v) is 8.36. The summed E-state index contributed by atoms with van der Waals surface area (Å²) in [5, 5.41) is 3.30. The number of nitrogens with two attached hydrogens (primary N) is 1. The lowest BCUT2D eigenvalue weighted by Crippen LogP contribution is -2.40. The lowest BCUT2D eigenvalue weighted by molar-refractivity contribution is -0.117. The van der Waals surface area contributed by atoms with Crippen molar-refractivity contribution in [3.05, 3.63) is 63.6 Å². The summed E-state index contributed by atoms with van der Waals surface area (Å²) in [4.78, 5) is 26.5. The number of thiocarbonyl (C=S) groups is 1. The van der Waals surface area contributed by atoms with Crippen molar-refractivity contribution in [2.45, 2.75) is 0 Å². The van der Waals surface area contributed by atoms with Crippen LogP contribution in [0.5, 0.6) is 0 Å². The molecular weight excluding hydrogens is 381 g/mol. The number of carbonyl (C=O) groups is 2. The second-order valence-corrected chi connectivity index (χ2v) is 6.42. The molecule has 1 amide bonds. The molecule has 0 aliphatic heterocycles. The molecule has 3 N–H and O–H groups in total. The number of hydrogen-bond donors (Lipinski definition) is 2. The van der Waals surface area contributed by atoms with Gasteiger partial charge in [0, 0.05) is 23.2 Å². The van der Waals surface area contributed by atoms with Crippen LogP contribution in [0.3, 0.4) is 0 Å². The van der Waals surface area contributed by atoms with Crippen LogP contribution in [0.2, 0.25) is 10.0 Å². The van der Waals surface area contributed by atoms with Gasteiger partial charge < -0.3 is 16.0 Å². The number of nitrogens with one attached hydrogen (secondary N) is 1. The summed E-state index contributed by atoms with van der Waals surface area (Å²) in [5.74, 6) is -0.645. The Labute approximate surface area is 160 Å². The first-order valence-electron chi connectivity index (χ1n) is 7.20. The lowest BCUT2D eigenvalue weighted by Gasteiger charge is -2.21. The van der Waals surface area contributed by atoms with E-state index >= 15 is 0 Å². The smallest absolute Gasteiger partial charge is 0.246 e. The number of rotatable bonds is 5. The number of halogens is 2. The van der Waals surface area contributed by atoms with E-state index < -0.39 is 0 Å². The topological polar surface area (TPSA) is 75.4 Å². The molecule has 0 unspecified atom stereocenters. The van der Waals surface area contributed by atoms with Gasteiger partial charge in [-0.1, -0.05) is 35.3 Å². The van der Waals surface area contributed by atoms with Crippen molar-refractivity contribution < 1.29 is 9.59 Å². The van der Waals surface area contributed by atoms with Gasteiger partial charge in [0.15, 0.2) is 10.9 Å². The van der Waals surface area contributed by atoms with Crippen LogP contribution in [0.4, 0.5) is 5.69 Å².